The molecule has 0 unspecified atom stereocenters. The first-order valence-corrected chi connectivity index (χ1v) is 22.4. The summed E-state index contributed by atoms with van der Waals surface area (Å²) in [5, 5.41) is 9.75. The average molecular weight is 853 g/mol. The Morgan fingerprint density at radius 3 is 1.56 bits per heavy atom. The average Bonchev–Trinajstić information content (AvgIpc) is 4.04. The number of fused-ring (bicyclic) bond motifs is 1. The van der Waals surface area contributed by atoms with Crippen molar-refractivity contribution in [3.63, 3.8) is 0 Å². The Morgan fingerprint density at radius 1 is 0.726 bits per heavy atom. The first-order valence-electron chi connectivity index (χ1n) is 22.4. The fraction of sp³-hybridized carbons (Fsp3) is 0.577. The Morgan fingerprint density at radius 2 is 1.26 bits per heavy atom. The number of hydrogen-bond acceptors (Lipinski definition) is 4. The van der Waals surface area contributed by atoms with Crippen LogP contribution in [0.15, 0.2) is 97.9 Å². The van der Waals surface area contributed by atoms with E-state index >= 15 is 0 Å². The van der Waals surface area contributed by atoms with Gasteiger partial charge in [-0.2, -0.15) is 9.67 Å². The number of nitrogens with one attached hydrogen (secondary N) is 3. The number of aryl methyl sites for hydroxylation is 2. The molecular weight excluding hydrogens is 760 g/mol. The van der Waals surface area contributed by atoms with Crippen LogP contribution in [0.4, 0.5) is 0 Å². The molecule has 0 aliphatic carbocycles. The molecule has 4 aromatic rings. The van der Waals surface area contributed by atoms with E-state index in [-0.39, 0.29) is 38.9 Å². The summed E-state index contributed by atoms with van der Waals surface area (Å²) in [6, 6.07) is 6.19. The summed E-state index contributed by atoms with van der Waals surface area (Å²) in [4.78, 5) is 18.3. The molecule has 0 saturated heterocycles. The van der Waals surface area contributed by atoms with Crippen LogP contribution in [0.5, 0.6) is 0 Å². The Labute approximate surface area is 386 Å². The van der Waals surface area contributed by atoms with Gasteiger partial charge in [-0.15, -0.1) is 0 Å². The zero-order chi connectivity index (χ0) is 47.5. The molecule has 10 heteroatoms. The molecule has 8 nitrogen and oxygen atoms in total. The van der Waals surface area contributed by atoms with Gasteiger partial charge in [-0.1, -0.05) is 165 Å². The van der Waals surface area contributed by atoms with E-state index in [1.54, 1.807) is 6.33 Å². The molecule has 0 amide bonds. The third-order valence-electron chi connectivity index (χ3n) is 8.70. The van der Waals surface area contributed by atoms with Crippen molar-refractivity contribution < 1.29 is 9.36 Å². The van der Waals surface area contributed by atoms with Crippen molar-refractivity contribution in [2.75, 3.05) is 0 Å². The Balaban J connectivity index is -0.000000210. The fourth-order valence-electron chi connectivity index (χ4n) is 4.89. The molecule has 0 bridgehead atoms. The van der Waals surface area contributed by atoms with Crippen molar-refractivity contribution in [2.45, 2.75) is 187 Å². The maximum Gasteiger partial charge on any atom is 0.248 e. The van der Waals surface area contributed by atoms with Crippen LogP contribution >= 0.6 is 0 Å². The predicted octanol–water partition coefficient (Wildman–Crippen LogP) is 13.4. The van der Waals surface area contributed by atoms with E-state index < -0.39 is 0 Å². The van der Waals surface area contributed by atoms with Crippen molar-refractivity contribution in [1.29, 1.82) is 0 Å². The topological polar surface area (TPSA) is 95.3 Å². The van der Waals surface area contributed by atoms with E-state index in [9.17, 15) is 4.79 Å². The number of pyridine rings is 1. The largest absolute Gasteiger partial charge is 0.362 e. The maximum atomic E-state index is 11.4. The number of dihydropyridines is 1. The first-order chi connectivity index (χ1) is 27.9. The molecule has 0 atom stereocenters. The summed E-state index contributed by atoms with van der Waals surface area (Å²) in [6.07, 6.45) is 20.5. The molecule has 6 heterocycles. The van der Waals surface area contributed by atoms with Crippen molar-refractivity contribution in [1.82, 2.24) is 30.0 Å². The lowest BCUT2D eigenvalue weighted by atomic mass is 9.86. The molecule has 0 aromatic carbocycles. The van der Waals surface area contributed by atoms with Crippen LogP contribution in [0, 0.1) is 5.41 Å². The highest BCUT2D eigenvalue weighted by Crippen LogP contribution is 2.27. The van der Waals surface area contributed by atoms with Crippen LogP contribution in [-0.4, -0.2) is 47.3 Å². The van der Waals surface area contributed by atoms with Gasteiger partial charge in [0, 0.05) is 77.9 Å². The monoisotopic (exact) mass is 853 g/mol. The Kier molecular flexibility index (Phi) is 35.8. The van der Waals surface area contributed by atoms with Crippen LogP contribution in [0.25, 0.3) is 0 Å². The number of rotatable bonds is 1. The minimum atomic E-state index is 0. The van der Waals surface area contributed by atoms with Crippen LogP contribution in [0.2, 0.25) is 0 Å². The highest BCUT2D eigenvalue weighted by molar-refractivity contribution is 5.93. The van der Waals surface area contributed by atoms with Gasteiger partial charge in [-0.25, -0.2) is 4.98 Å². The lowest BCUT2D eigenvalue weighted by Crippen LogP contribution is -2.35. The predicted molar refractivity (Wildman–Crippen MR) is 274 cm³/mol. The standard InChI is InChI=1S/C12H16NO.C10H15N.C9H15N.C7H12N2.C6H10N2.4C2H6.2B/c1-12(2,3)9-4-5-10-11(14)6-7-13(10)8-9;1-8-5-6-9(7-11-8)10(2,3)4;1-9(2,3)8-5-6-10(4)7-8;1-7(2,3)6-4-8-9-5-6;1-5(2)6-3-7-4-8-6;4*1-2;;/h4-5,8H,6-7H2,1-3H3;5-7,11H,1H2,2-4H3;5-7H,1-4H3;4-5H,1-3H3,(H,8,9);3-5H,1-2H3,(H,7,8);4*1-2H3;;/q+1;;;;;;;;;;. The van der Waals surface area contributed by atoms with Crippen LogP contribution in [-0.2, 0) is 29.8 Å². The summed E-state index contributed by atoms with van der Waals surface area (Å²) in [6.45, 7) is 51.2. The lowest BCUT2D eigenvalue weighted by molar-refractivity contribution is -0.690. The van der Waals surface area contributed by atoms with Gasteiger partial charge in [-0.05, 0) is 62.5 Å². The Bertz CT molecular complexity index is 1750. The molecule has 0 spiro atoms. The van der Waals surface area contributed by atoms with Gasteiger partial charge in [0.2, 0.25) is 11.5 Å². The molecule has 62 heavy (non-hydrogen) atoms. The van der Waals surface area contributed by atoms with E-state index in [2.05, 4.69) is 182 Å². The minimum absolute atomic E-state index is 0. The van der Waals surface area contributed by atoms with Crippen LogP contribution in [0.1, 0.15) is 198 Å². The normalized spacial score (nSPS) is 12.1. The smallest absolute Gasteiger partial charge is 0.248 e. The number of H-pyrrole nitrogens is 2. The molecule has 0 fully saturated rings. The zero-order valence-corrected chi connectivity index (χ0v) is 44.1. The van der Waals surface area contributed by atoms with E-state index in [0.717, 1.165) is 17.9 Å². The second-order valence-electron chi connectivity index (χ2n) is 18.0. The van der Waals surface area contributed by atoms with Crippen LogP contribution < -0.4 is 9.88 Å². The highest BCUT2D eigenvalue weighted by atomic mass is 16.1. The van der Waals surface area contributed by atoms with E-state index in [4.69, 9.17) is 0 Å². The minimum Gasteiger partial charge on any atom is -0.362 e. The van der Waals surface area contributed by atoms with Crippen molar-refractivity contribution in [2.24, 2.45) is 12.5 Å². The number of carbonyl (C=O) groups is 1. The number of carbonyl (C=O) groups excluding carboxylic acids is 1. The van der Waals surface area contributed by atoms with Gasteiger partial charge in [0.15, 0.2) is 12.7 Å². The van der Waals surface area contributed by atoms with Gasteiger partial charge in [0.05, 0.1) is 18.9 Å². The molecule has 6 rings (SSSR count). The Hall–Kier alpha value is -4.33. The number of hydrogen-bond donors (Lipinski definition) is 3. The number of nitrogens with zero attached hydrogens (tertiary/aromatic N) is 4. The number of Topliss-reactive ketones (excluding diaryl/α,β-unsaturated/α-hetero) is 1. The molecular formula is C52H92B2N7O+. The van der Waals surface area contributed by atoms with Crippen molar-refractivity contribution >= 4 is 22.6 Å². The van der Waals surface area contributed by atoms with Gasteiger partial charge in [0.1, 0.15) is 0 Å². The molecule has 346 valence electrons. The second-order valence-corrected chi connectivity index (χ2v) is 18.0. The molecule has 2 aliphatic rings. The quantitative estimate of drug-likeness (QED) is 0.131. The summed E-state index contributed by atoms with van der Waals surface area (Å²) in [5.41, 5.74) is 9.17. The highest BCUT2D eigenvalue weighted by Gasteiger charge is 2.29. The third kappa shape index (κ3) is 26.9. The summed E-state index contributed by atoms with van der Waals surface area (Å²) >= 11 is 0. The summed E-state index contributed by atoms with van der Waals surface area (Å²) in [7, 11) is 2.05. The van der Waals surface area contributed by atoms with E-state index in [0.29, 0.717) is 17.8 Å². The van der Waals surface area contributed by atoms with Gasteiger partial charge >= 0.3 is 0 Å². The fourth-order valence-corrected chi connectivity index (χ4v) is 4.89. The number of imidazole rings is 1. The van der Waals surface area contributed by atoms with Gasteiger partial charge in [0.25, 0.3) is 0 Å². The molecule has 0 saturated carbocycles. The van der Waals surface area contributed by atoms with E-state index in [1.165, 1.54) is 28.0 Å². The van der Waals surface area contributed by atoms with Gasteiger partial charge in [-0.3, -0.25) is 9.89 Å². The SMILES string of the molecule is C=C1C=CC(C(C)(C)C)=CN1.CC.CC.CC.CC.CC(C)(C)c1ccc2[n+](c1)CCC2=O.CC(C)(C)c1cn[nH]c1.CC(C)c1cnc[nH]1.Cn1ccc(C(C)(C)C)c1.[B].[B]. The van der Waals surface area contributed by atoms with Gasteiger partial charge < -0.3 is 14.9 Å². The zero-order valence-electron chi connectivity index (χ0n) is 44.1. The maximum absolute atomic E-state index is 11.4. The molecule has 2 aliphatic heterocycles. The van der Waals surface area contributed by atoms with E-state index in [1.807, 2.05) is 92.3 Å². The third-order valence-corrected chi connectivity index (χ3v) is 8.70. The van der Waals surface area contributed by atoms with Crippen molar-refractivity contribution in [3.05, 3.63) is 126 Å². The number of allylic oxidation sites excluding steroid dienone is 3. The molecule has 4 aromatic heterocycles. The second kappa shape index (κ2) is 33.3. The number of aromatic nitrogens is 6. The van der Waals surface area contributed by atoms with Crippen LogP contribution in [0.3, 0.4) is 0 Å². The first kappa shape index (κ1) is 66.8. The molecule has 6 radical (unpaired) electrons. The molecule has 3 N–H and O–H groups in total. The lowest BCUT2D eigenvalue weighted by Gasteiger charge is -2.22. The number of aromatic amines is 2. The number of ketones is 1. The summed E-state index contributed by atoms with van der Waals surface area (Å²) in [5.74, 6) is 0.836. The summed E-state index contributed by atoms with van der Waals surface area (Å²) < 4.78 is 4.16. The van der Waals surface area contributed by atoms with Crippen molar-refractivity contribution in [3.8, 4) is 0 Å².